The number of carbonyl (C=O) groups excluding carboxylic acids is 1. The second-order valence-corrected chi connectivity index (χ2v) is 15.4. The maximum absolute atomic E-state index is 11.7. The summed E-state index contributed by atoms with van der Waals surface area (Å²) in [5, 5.41) is 13.2. The number of aliphatic hydroxyl groups is 1. The summed E-state index contributed by atoms with van der Waals surface area (Å²) in [6.45, 7) is 12.7. The normalized spacial score (nSPS) is 12.4. The number of fused-ring (bicyclic) bond motifs is 6. The molecule has 0 fully saturated rings. The first-order valence-electron chi connectivity index (χ1n) is 19.1. The van der Waals surface area contributed by atoms with Crippen molar-refractivity contribution in [3.05, 3.63) is 119 Å². The molecule has 0 saturated heterocycles. The molecule has 0 bridgehead atoms. The molecule has 0 amide bonds. The zero-order valence-corrected chi connectivity index (χ0v) is 35.0. The Bertz CT molecular complexity index is 2200. The summed E-state index contributed by atoms with van der Waals surface area (Å²) in [4.78, 5) is 23.9. The number of hydrogen-bond acceptors (Lipinski definition) is 5. The van der Waals surface area contributed by atoms with Gasteiger partial charge in [0.2, 0.25) is 0 Å². The number of nitrogens with zero attached hydrogens (tertiary/aromatic N) is 2. The predicted molar refractivity (Wildman–Crippen MR) is 220 cm³/mol. The van der Waals surface area contributed by atoms with E-state index in [4.69, 9.17) is 9.97 Å². The van der Waals surface area contributed by atoms with Crippen LogP contribution >= 0.6 is 11.3 Å². The predicted octanol–water partition coefficient (Wildman–Crippen LogP) is 12.8. The fraction of sp³-hybridized carbons (Fsp3) is 0.340. The van der Waals surface area contributed by atoms with Gasteiger partial charge in [-0.15, -0.1) is 34.9 Å². The molecule has 0 atom stereocenters. The molecule has 0 saturated carbocycles. The third-order valence-corrected chi connectivity index (χ3v) is 11.7. The van der Waals surface area contributed by atoms with Crippen LogP contribution in [0.4, 0.5) is 0 Å². The van der Waals surface area contributed by atoms with Crippen LogP contribution in [-0.4, -0.2) is 20.9 Å². The molecule has 0 unspecified atom stereocenters. The standard InChI is InChI=1S/C34H27N2S.C13H24O2.Ir/c1-21(2)17-23-12-8-14-28-27(23)15-16-30-31(28)32-33(35-20-36-34(32)37-30)25-18-24-11-6-7-13-26(24)29(19-25)22-9-4-3-5-10-22;1-5-10(6-2)12(14)9-13(15)11(7-3)8-4;/h3-14,19-21H,15-17H2,1-2H3;9-11,14H,5-8H2,1-4H3;/q-1;;/b;12-9-;. The van der Waals surface area contributed by atoms with Crippen LogP contribution in [-0.2, 0) is 44.2 Å². The number of aryl methyl sites for hydroxylation is 1. The fourth-order valence-corrected chi connectivity index (χ4v) is 8.82. The maximum atomic E-state index is 11.7. The number of allylic oxidation sites excluding steroid dienone is 2. The first-order chi connectivity index (χ1) is 25.3. The van der Waals surface area contributed by atoms with Crippen LogP contribution in [0.5, 0.6) is 0 Å². The van der Waals surface area contributed by atoms with E-state index < -0.39 is 0 Å². The van der Waals surface area contributed by atoms with Gasteiger partial charge in [-0.05, 0) is 73.1 Å². The number of ketones is 1. The van der Waals surface area contributed by atoms with Crippen LogP contribution in [0.15, 0.2) is 97.0 Å². The molecular formula is C47H51IrN2O2S-. The summed E-state index contributed by atoms with van der Waals surface area (Å²) in [6, 6.07) is 32.0. The molecule has 53 heavy (non-hydrogen) atoms. The van der Waals surface area contributed by atoms with E-state index in [2.05, 4.69) is 98.8 Å². The van der Waals surface area contributed by atoms with Gasteiger partial charge in [0, 0.05) is 59.5 Å². The second kappa shape index (κ2) is 18.4. The molecule has 1 aliphatic carbocycles. The van der Waals surface area contributed by atoms with E-state index >= 15 is 0 Å². The Kier molecular flexibility index (Phi) is 14.0. The van der Waals surface area contributed by atoms with Crippen molar-refractivity contribution in [3.63, 3.8) is 0 Å². The fourth-order valence-electron chi connectivity index (χ4n) is 7.67. The Balaban J connectivity index is 0.000000290. The first kappa shape index (κ1) is 40.2. The molecule has 6 aromatic rings. The summed E-state index contributed by atoms with van der Waals surface area (Å²) in [6.07, 6.45) is 9.91. The van der Waals surface area contributed by atoms with Crippen molar-refractivity contribution in [2.75, 3.05) is 0 Å². The van der Waals surface area contributed by atoms with Crippen molar-refractivity contribution in [2.24, 2.45) is 17.8 Å². The van der Waals surface area contributed by atoms with E-state index in [1.807, 2.05) is 39.0 Å². The smallest absolute Gasteiger partial charge is 0.162 e. The number of carbonyl (C=O) groups is 1. The third-order valence-electron chi connectivity index (χ3n) is 10.5. The summed E-state index contributed by atoms with van der Waals surface area (Å²) in [5.74, 6) is 1.18. The Morgan fingerprint density at radius 2 is 1.55 bits per heavy atom. The maximum Gasteiger partial charge on any atom is 0.162 e. The van der Waals surface area contributed by atoms with Gasteiger partial charge in [-0.3, -0.25) is 9.78 Å². The topological polar surface area (TPSA) is 63.1 Å². The van der Waals surface area contributed by atoms with Crippen LogP contribution in [0, 0.1) is 23.8 Å². The Labute approximate surface area is 333 Å². The summed E-state index contributed by atoms with van der Waals surface area (Å²) in [5.41, 5.74) is 10.1. The van der Waals surface area contributed by atoms with E-state index in [0.29, 0.717) is 5.92 Å². The molecule has 2 aromatic heterocycles. The molecule has 7 rings (SSSR count). The molecule has 2 heterocycles. The number of rotatable bonds is 11. The quantitative estimate of drug-likeness (QED) is 0.0799. The van der Waals surface area contributed by atoms with E-state index in [1.165, 1.54) is 55.1 Å². The number of hydrogen-bond donors (Lipinski definition) is 1. The van der Waals surface area contributed by atoms with Crippen LogP contribution in [0.25, 0.3) is 54.5 Å². The van der Waals surface area contributed by atoms with Crippen LogP contribution in [0.2, 0.25) is 0 Å². The molecule has 0 aliphatic heterocycles. The van der Waals surface area contributed by atoms with Crippen LogP contribution < -0.4 is 0 Å². The Morgan fingerprint density at radius 3 is 2.25 bits per heavy atom. The van der Waals surface area contributed by atoms with Crippen molar-refractivity contribution < 1.29 is 30.0 Å². The van der Waals surface area contributed by atoms with Gasteiger partial charge in [-0.25, -0.2) is 4.98 Å². The van der Waals surface area contributed by atoms with E-state index in [1.54, 1.807) is 6.33 Å². The Morgan fingerprint density at radius 1 is 0.849 bits per heavy atom. The molecule has 4 aromatic carbocycles. The number of aliphatic hydroxyl groups excluding tert-OH is 1. The summed E-state index contributed by atoms with van der Waals surface area (Å²) >= 11 is 1.83. The third kappa shape index (κ3) is 8.72. The molecule has 1 N–H and O–H groups in total. The second-order valence-electron chi connectivity index (χ2n) is 14.4. The monoisotopic (exact) mass is 900 g/mol. The zero-order valence-electron chi connectivity index (χ0n) is 31.8. The zero-order chi connectivity index (χ0) is 36.8. The van der Waals surface area contributed by atoms with Gasteiger partial charge in [0.15, 0.2) is 5.78 Å². The average Bonchev–Trinajstić information content (AvgIpc) is 3.55. The minimum atomic E-state index is 0. The minimum Gasteiger partial charge on any atom is -0.512 e. The molecule has 6 heteroatoms. The minimum absolute atomic E-state index is 0. The van der Waals surface area contributed by atoms with E-state index in [9.17, 15) is 9.90 Å². The van der Waals surface area contributed by atoms with Crippen LogP contribution in [0.1, 0.15) is 83.2 Å². The largest absolute Gasteiger partial charge is 0.512 e. The van der Waals surface area contributed by atoms with Crippen molar-refractivity contribution in [2.45, 2.75) is 86.5 Å². The molecular weight excluding hydrogens is 849 g/mol. The van der Waals surface area contributed by atoms with Gasteiger partial charge >= 0.3 is 0 Å². The number of aromatic nitrogens is 2. The van der Waals surface area contributed by atoms with Gasteiger partial charge < -0.3 is 5.11 Å². The van der Waals surface area contributed by atoms with Crippen molar-refractivity contribution in [3.8, 4) is 33.5 Å². The van der Waals surface area contributed by atoms with Crippen molar-refractivity contribution >= 4 is 38.1 Å². The van der Waals surface area contributed by atoms with Gasteiger partial charge in [0.1, 0.15) is 11.2 Å². The van der Waals surface area contributed by atoms with Gasteiger partial charge in [0.25, 0.3) is 0 Å². The summed E-state index contributed by atoms with van der Waals surface area (Å²) in [7, 11) is 0. The molecule has 0 spiro atoms. The van der Waals surface area contributed by atoms with Crippen LogP contribution in [0.3, 0.4) is 0 Å². The van der Waals surface area contributed by atoms with E-state index in [-0.39, 0.29) is 43.5 Å². The van der Waals surface area contributed by atoms with Gasteiger partial charge in [0.05, 0.1) is 5.76 Å². The summed E-state index contributed by atoms with van der Waals surface area (Å²) < 4.78 is 0. The first-order valence-corrected chi connectivity index (χ1v) is 19.9. The molecule has 4 nitrogen and oxygen atoms in total. The number of benzene rings is 4. The average molecular weight is 900 g/mol. The number of thiophene rings is 1. The van der Waals surface area contributed by atoms with E-state index in [0.717, 1.165) is 66.4 Å². The van der Waals surface area contributed by atoms with Crippen molar-refractivity contribution in [1.82, 2.24) is 9.97 Å². The van der Waals surface area contributed by atoms with Gasteiger partial charge in [-0.2, -0.15) is 0 Å². The molecule has 1 aliphatic rings. The van der Waals surface area contributed by atoms with Crippen molar-refractivity contribution in [1.29, 1.82) is 0 Å². The molecule has 1 radical (unpaired) electrons. The van der Waals surface area contributed by atoms with Gasteiger partial charge in [-0.1, -0.05) is 125 Å². The molecule has 277 valence electrons. The Hall–Kier alpha value is -3.96. The SMILES string of the molecule is CC(C)Cc1cccc2c1CCc1sc3ncnc(-c4[c-]c5ccccc5c(-c5ccccc5)c4)c3c1-2.CCC(CC)C(=O)/C=C(\O)C(CC)CC.[Ir].